The van der Waals surface area contributed by atoms with Crippen molar-refractivity contribution in [2.75, 3.05) is 24.5 Å². The summed E-state index contributed by atoms with van der Waals surface area (Å²) in [6.45, 7) is 5.12. The van der Waals surface area contributed by atoms with Gasteiger partial charge in [0.05, 0.1) is 22.9 Å². The van der Waals surface area contributed by atoms with Gasteiger partial charge in [0.2, 0.25) is 0 Å². The molecule has 1 atom stereocenters. The van der Waals surface area contributed by atoms with E-state index in [1.807, 2.05) is 12.3 Å². The Morgan fingerprint density at radius 2 is 2.18 bits per heavy atom. The average molecular weight is 381 g/mol. The maximum atomic E-state index is 8.88. The zero-order chi connectivity index (χ0) is 19.5. The van der Waals surface area contributed by atoms with Crippen molar-refractivity contribution in [3.8, 4) is 0 Å². The van der Waals surface area contributed by atoms with Crippen LogP contribution in [0.5, 0.6) is 0 Å². The predicted octanol–water partition coefficient (Wildman–Crippen LogP) is 1.52. The van der Waals surface area contributed by atoms with Gasteiger partial charge in [-0.1, -0.05) is 0 Å². The fourth-order valence-electron chi connectivity index (χ4n) is 3.76. The van der Waals surface area contributed by atoms with Gasteiger partial charge >= 0.3 is 0 Å². The molecule has 1 aliphatic heterocycles. The van der Waals surface area contributed by atoms with Crippen molar-refractivity contribution in [1.82, 2.24) is 26.1 Å². The molecule has 0 amide bonds. The van der Waals surface area contributed by atoms with Crippen LogP contribution in [0.2, 0.25) is 0 Å². The molecule has 2 aliphatic rings. The Bertz CT molecular complexity index is 878. The molecule has 1 unspecified atom stereocenters. The van der Waals surface area contributed by atoms with E-state index in [1.54, 1.807) is 6.20 Å². The lowest BCUT2D eigenvalue weighted by Gasteiger charge is -2.34. The number of piperazine rings is 1. The van der Waals surface area contributed by atoms with Gasteiger partial charge in [-0.25, -0.2) is 10.5 Å². The van der Waals surface area contributed by atoms with Crippen molar-refractivity contribution in [3.63, 3.8) is 0 Å². The minimum Gasteiger partial charge on any atom is -0.387 e. The van der Waals surface area contributed by atoms with Crippen LogP contribution in [0.1, 0.15) is 25.5 Å². The fraction of sp³-hybridized carbons (Fsp3) is 0.450. The maximum Gasteiger partial charge on any atom is 0.0922 e. The summed E-state index contributed by atoms with van der Waals surface area (Å²) in [5.41, 5.74) is 6.49. The number of hydroxylamine groups is 1. The van der Waals surface area contributed by atoms with Gasteiger partial charge in [-0.2, -0.15) is 0 Å². The maximum absolute atomic E-state index is 8.88. The zero-order valence-electron chi connectivity index (χ0n) is 16.0. The van der Waals surface area contributed by atoms with E-state index in [4.69, 9.17) is 15.6 Å². The molecule has 28 heavy (non-hydrogen) atoms. The number of hydrogen-bond donors (Lipinski definition) is 5. The van der Waals surface area contributed by atoms with Gasteiger partial charge in [-0.05, 0) is 38.0 Å². The largest absolute Gasteiger partial charge is 0.387 e. The van der Waals surface area contributed by atoms with Gasteiger partial charge in [-0.3, -0.25) is 4.98 Å². The number of benzene rings is 1. The van der Waals surface area contributed by atoms with Crippen molar-refractivity contribution in [1.29, 1.82) is 5.41 Å². The number of allylic oxidation sites excluding steroid dienone is 1. The molecule has 2 aromatic rings. The molecule has 1 aliphatic carbocycles. The SMILES string of the molecule is CC1CN(c2ccc3ncc(/C(C=N)=C/NC4CC(NO)C4)nc3c2)CCN1. The molecule has 2 fully saturated rings. The number of aromatic nitrogens is 2. The molecular formula is C20H27N7O. The molecule has 148 valence electrons. The van der Waals surface area contributed by atoms with E-state index in [-0.39, 0.29) is 6.04 Å². The van der Waals surface area contributed by atoms with Crippen LogP contribution in [0, 0.1) is 5.41 Å². The molecule has 1 aromatic carbocycles. The molecular weight excluding hydrogens is 354 g/mol. The summed E-state index contributed by atoms with van der Waals surface area (Å²) in [7, 11) is 0. The Balaban J connectivity index is 1.54. The van der Waals surface area contributed by atoms with E-state index in [0.717, 1.165) is 49.2 Å². The second-order valence-electron chi connectivity index (χ2n) is 7.63. The zero-order valence-corrected chi connectivity index (χ0v) is 16.0. The Labute approximate surface area is 164 Å². The molecule has 8 nitrogen and oxygen atoms in total. The van der Waals surface area contributed by atoms with Crippen molar-refractivity contribution in [2.24, 2.45) is 0 Å². The van der Waals surface area contributed by atoms with Crippen LogP contribution in [-0.2, 0) is 0 Å². The topological polar surface area (TPSA) is 109 Å². The van der Waals surface area contributed by atoms with E-state index >= 15 is 0 Å². The molecule has 1 saturated heterocycles. The first kappa shape index (κ1) is 18.8. The van der Waals surface area contributed by atoms with Crippen molar-refractivity contribution in [3.05, 3.63) is 36.3 Å². The molecule has 2 heterocycles. The molecule has 0 radical (unpaired) electrons. The lowest BCUT2D eigenvalue weighted by atomic mass is 9.87. The van der Waals surface area contributed by atoms with Crippen molar-refractivity contribution < 1.29 is 5.21 Å². The minimum atomic E-state index is 0.154. The highest BCUT2D eigenvalue weighted by Gasteiger charge is 2.27. The number of nitrogens with zero attached hydrogens (tertiary/aromatic N) is 3. The Morgan fingerprint density at radius 3 is 2.93 bits per heavy atom. The van der Waals surface area contributed by atoms with Crippen LogP contribution in [0.15, 0.2) is 30.6 Å². The summed E-state index contributed by atoms with van der Waals surface area (Å²) in [5.74, 6) is 0. The summed E-state index contributed by atoms with van der Waals surface area (Å²) in [4.78, 5) is 11.7. The number of anilines is 1. The van der Waals surface area contributed by atoms with Gasteiger partial charge < -0.3 is 26.2 Å². The van der Waals surface area contributed by atoms with E-state index < -0.39 is 0 Å². The highest BCUT2D eigenvalue weighted by atomic mass is 16.5. The van der Waals surface area contributed by atoms with Gasteiger partial charge in [0.15, 0.2) is 0 Å². The summed E-state index contributed by atoms with van der Waals surface area (Å²) in [6.07, 6.45) is 6.54. The summed E-state index contributed by atoms with van der Waals surface area (Å²) >= 11 is 0. The first-order valence-corrected chi connectivity index (χ1v) is 9.78. The van der Waals surface area contributed by atoms with E-state index in [9.17, 15) is 0 Å². The Kier molecular flexibility index (Phi) is 5.52. The standard InChI is InChI=1S/C20H27N7O/c1-13-12-27(5-4-22-13)17-2-3-18-19(8-17)25-20(11-24-18)14(9-21)10-23-15-6-16(7-15)26-28/h2-3,8-11,13,15-16,21-23,26,28H,4-7,12H2,1H3/b14-10+,21-9?. The quantitative estimate of drug-likeness (QED) is 0.381. The normalized spacial score (nSPS) is 25.4. The number of hydrogen-bond acceptors (Lipinski definition) is 8. The third-order valence-electron chi connectivity index (χ3n) is 5.51. The van der Waals surface area contributed by atoms with E-state index in [0.29, 0.717) is 23.4 Å². The van der Waals surface area contributed by atoms with Gasteiger partial charge in [-0.15, -0.1) is 0 Å². The van der Waals surface area contributed by atoms with E-state index in [1.165, 1.54) is 6.21 Å². The smallest absolute Gasteiger partial charge is 0.0922 e. The third-order valence-corrected chi connectivity index (χ3v) is 5.51. The third kappa shape index (κ3) is 3.99. The summed E-state index contributed by atoms with van der Waals surface area (Å²) in [5, 5.41) is 23.4. The highest BCUT2D eigenvalue weighted by molar-refractivity contribution is 6.07. The highest BCUT2D eigenvalue weighted by Crippen LogP contribution is 2.23. The van der Waals surface area contributed by atoms with Crippen molar-refractivity contribution in [2.45, 2.75) is 37.9 Å². The van der Waals surface area contributed by atoms with Gasteiger partial charge in [0.25, 0.3) is 0 Å². The van der Waals surface area contributed by atoms with Crippen LogP contribution in [0.4, 0.5) is 5.69 Å². The van der Waals surface area contributed by atoms with Crippen LogP contribution in [0.3, 0.4) is 0 Å². The molecule has 4 rings (SSSR count). The van der Waals surface area contributed by atoms with Crippen LogP contribution in [-0.4, -0.2) is 59.1 Å². The Hall–Kier alpha value is -2.55. The molecule has 0 spiro atoms. The van der Waals surface area contributed by atoms with Crippen LogP contribution in [0.25, 0.3) is 16.6 Å². The molecule has 5 N–H and O–H groups in total. The second-order valence-corrected chi connectivity index (χ2v) is 7.63. The minimum absolute atomic E-state index is 0.154. The lowest BCUT2D eigenvalue weighted by molar-refractivity contribution is 0.0742. The first-order chi connectivity index (χ1) is 13.7. The van der Waals surface area contributed by atoms with Crippen LogP contribution < -0.4 is 21.0 Å². The first-order valence-electron chi connectivity index (χ1n) is 9.78. The Morgan fingerprint density at radius 1 is 1.32 bits per heavy atom. The van der Waals surface area contributed by atoms with Gasteiger partial charge in [0.1, 0.15) is 0 Å². The van der Waals surface area contributed by atoms with E-state index in [2.05, 4.69) is 45.1 Å². The number of rotatable bonds is 6. The molecule has 1 saturated carbocycles. The average Bonchev–Trinajstić information content (AvgIpc) is 2.69. The second kappa shape index (κ2) is 8.22. The summed E-state index contributed by atoms with van der Waals surface area (Å²) in [6, 6.07) is 7.12. The summed E-state index contributed by atoms with van der Waals surface area (Å²) < 4.78 is 0. The molecule has 0 bridgehead atoms. The monoisotopic (exact) mass is 381 g/mol. The fourth-order valence-corrected chi connectivity index (χ4v) is 3.76. The number of nitrogens with one attached hydrogen (secondary N) is 4. The molecule has 8 heteroatoms. The predicted molar refractivity (Wildman–Crippen MR) is 111 cm³/mol. The number of fused-ring (bicyclic) bond motifs is 1. The molecule has 1 aromatic heterocycles. The van der Waals surface area contributed by atoms with Crippen molar-refractivity contribution >= 4 is 28.5 Å². The van der Waals surface area contributed by atoms with Gasteiger partial charge in [0, 0.05) is 61.4 Å². The van der Waals surface area contributed by atoms with Crippen LogP contribution >= 0.6 is 0 Å². The lowest BCUT2D eigenvalue weighted by Crippen LogP contribution is -2.49.